The molecule has 1 aromatic rings. The summed E-state index contributed by atoms with van der Waals surface area (Å²) in [5.74, 6) is 0.892. The van der Waals surface area contributed by atoms with E-state index < -0.39 is 0 Å². The first kappa shape index (κ1) is 8.85. The Balaban J connectivity index is 2.40. The molecule has 1 heterocycles. The van der Waals surface area contributed by atoms with E-state index in [1.807, 2.05) is 19.1 Å². The molecule has 0 bridgehead atoms. The quantitative estimate of drug-likeness (QED) is 0.748. The normalized spacial score (nSPS) is 19.8. The maximum Gasteiger partial charge on any atom is 0.126 e. The molecule has 1 atom stereocenters. The van der Waals surface area contributed by atoms with Gasteiger partial charge < -0.3 is 9.84 Å². The van der Waals surface area contributed by atoms with Gasteiger partial charge in [-0.25, -0.2) is 0 Å². The second-order valence-electron chi connectivity index (χ2n) is 3.34. The highest BCUT2D eigenvalue weighted by atomic mass is 35.5. The summed E-state index contributed by atoms with van der Waals surface area (Å²) >= 11 is 5.90. The summed E-state index contributed by atoms with van der Waals surface area (Å²) in [4.78, 5) is 0. The van der Waals surface area contributed by atoms with E-state index in [-0.39, 0.29) is 12.7 Å². The summed E-state index contributed by atoms with van der Waals surface area (Å²) in [6.45, 7) is 2.02. The molecule has 1 aliphatic heterocycles. The molecule has 0 amide bonds. The molecule has 0 aliphatic carbocycles. The molecule has 1 N–H and O–H groups in total. The topological polar surface area (TPSA) is 29.5 Å². The standard InChI is InChI=1S/C10H11ClO2/c1-6-2-8(11)3-7-4-9(5-12)13-10(6)7/h2-3,9,12H,4-5H2,1H3. The van der Waals surface area contributed by atoms with Gasteiger partial charge in [-0.3, -0.25) is 0 Å². The van der Waals surface area contributed by atoms with Crippen LogP contribution in [0.4, 0.5) is 0 Å². The Kier molecular flexibility index (Phi) is 2.18. The molecule has 2 nitrogen and oxygen atoms in total. The number of fused-ring (bicyclic) bond motifs is 1. The van der Waals surface area contributed by atoms with E-state index in [0.717, 1.165) is 28.3 Å². The number of aryl methyl sites for hydroxylation is 1. The van der Waals surface area contributed by atoms with Gasteiger partial charge in [-0.15, -0.1) is 0 Å². The summed E-state index contributed by atoms with van der Waals surface area (Å²) in [6.07, 6.45) is 0.667. The van der Waals surface area contributed by atoms with E-state index in [0.29, 0.717) is 0 Å². The Morgan fingerprint density at radius 1 is 1.62 bits per heavy atom. The Morgan fingerprint density at radius 3 is 3.08 bits per heavy atom. The van der Waals surface area contributed by atoms with Crippen LogP contribution in [-0.4, -0.2) is 17.8 Å². The zero-order valence-corrected chi connectivity index (χ0v) is 8.14. The molecule has 1 aliphatic rings. The molecular weight excluding hydrogens is 188 g/mol. The minimum Gasteiger partial charge on any atom is -0.487 e. The van der Waals surface area contributed by atoms with Crippen molar-refractivity contribution in [3.05, 3.63) is 28.3 Å². The predicted octanol–water partition coefficient (Wildman–Crippen LogP) is 1.94. The van der Waals surface area contributed by atoms with Crippen molar-refractivity contribution >= 4 is 11.6 Å². The average Bonchev–Trinajstić information content (AvgIpc) is 2.47. The second kappa shape index (κ2) is 3.20. The van der Waals surface area contributed by atoms with Gasteiger partial charge in [0, 0.05) is 11.4 Å². The Labute approximate surface area is 82.1 Å². The summed E-state index contributed by atoms with van der Waals surface area (Å²) in [7, 11) is 0. The van der Waals surface area contributed by atoms with Crippen LogP contribution in [0, 0.1) is 6.92 Å². The molecule has 2 rings (SSSR count). The number of aliphatic hydroxyl groups is 1. The largest absolute Gasteiger partial charge is 0.487 e. The van der Waals surface area contributed by atoms with E-state index in [4.69, 9.17) is 21.4 Å². The van der Waals surface area contributed by atoms with E-state index in [1.165, 1.54) is 0 Å². The van der Waals surface area contributed by atoms with Gasteiger partial charge in [0.05, 0.1) is 6.61 Å². The molecule has 0 spiro atoms. The van der Waals surface area contributed by atoms with Crippen LogP contribution in [0.2, 0.25) is 5.02 Å². The van der Waals surface area contributed by atoms with Crippen molar-refractivity contribution in [3.8, 4) is 5.75 Å². The zero-order chi connectivity index (χ0) is 9.42. The van der Waals surface area contributed by atoms with E-state index in [2.05, 4.69) is 0 Å². The van der Waals surface area contributed by atoms with Crippen LogP contribution < -0.4 is 4.74 Å². The average molecular weight is 199 g/mol. The minimum atomic E-state index is -0.0906. The van der Waals surface area contributed by atoms with Crippen molar-refractivity contribution in [1.29, 1.82) is 0 Å². The molecule has 1 aromatic carbocycles. The highest BCUT2D eigenvalue weighted by Gasteiger charge is 2.23. The first-order valence-corrected chi connectivity index (χ1v) is 4.65. The zero-order valence-electron chi connectivity index (χ0n) is 7.38. The number of halogens is 1. The number of hydrogen-bond acceptors (Lipinski definition) is 2. The van der Waals surface area contributed by atoms with Crippen LogP contribution in [-0.2, 0) is 6.42 Å². The minimum absolute atomic E-state index is 0.0612. The Bertz CT molecular complexity index is 336. The fourth-order valence-electron chi connectivity index (χ4n) is 1.67. The lowest BCUT2D eigenvalue weighted by Crippen LogP contribution is -2.17. The number of aliphatic hydroxyl groups excluding tert-OH is 1. The smallest absolute Gasteiger partial charge is 0.126 e. The number of hydrogen-bond donors (Lipinski definition) is 1. The van der Waals surface area contributed by atoms with Crippen LogP contribution >= 0.6 is 11.6 Å². The Morgan fingerprint density at radius 2 is 2.38 bits per heavy atom. The number of benzene rings is 1. The lowest BCUT2D eigenvalue weighted by Gasteiger charge is -2.07. The van der Waals surface area contributed by atoms with Crippen molar-refractivity contribution in [1.82, 2.24) is 0 Å². The van der Waals surface area contributed by atoms with E-state index >= 15 is 0 Å². The first-order valence-electron chi connectivity index (χ1n) is 4.27. The molecule has 0 fully saturated rings. The van der Waals surface area contributed by atoms with Crippen molar-refractivity contribution in [2.75, 3.05) is 6.61 Å². The van der Waals surface area contributed by atoms with Crippen molar-refractivity contribution in [2.24, 2.45) is 0 Å². The van der Waals surface area contributed by atoms with Gasteiger partial charge in [0.2, 0.25) is 0 Å². The van der Waals surface area contributed by atoms with Gasteiger partial charge in [-0.05, 0) is 30.2 Å². The summed E-state index contributed by atoms with van der Waals surface area (Å²) < 4.78 is 5.53. The summed E-state index contributed by atoms with van der Waals surface area (Å²) in [5.41, 5.74) is 2.14. The van der Waals surface area contributed by atoms with Crippen molar-refractivity contribution in [3.63, 3.8) is 0 Å². The van der Waals surface area contributed by atoms with Crippen LogP contribution in [0.1, 0.15) is 11.1 Å². The highest BCUT2D eigenvalue weighted by molar-refractivity contribution is 6.30. The lowest BCUT2D eigenvalue weighted by molar-refractivity contribution is 0.134. The van der Waals surface area contributed by atoms with Crippen molar-refractivity contribution < 1.29 is 9.84 Å². The molecule has 70 valence electrons. The van der Waals surface area contributed by atoms with E-state index in [1.54, 1.807) is 0 Å². The molecule has 1 unspecified atom stereocenters. The molecule has 0 radical (unpaired) electrons. The van der Waals surface area contributed by atoms with Gasteiger partial charge >= 0.3 is 0 Å². The van der Waals surface area contributed by atoms with Gasteiger partial charge in [-0.2, -0.15) is 0 Å². The number of ether oxygens (including phenoxy) is 1. The van der Waals surface area contributed by atoms with Crippen LogP contribution in [0.5, 0.6) is 5.75 Å². The van der Waals surface area contributed by atoms with Gasteiger partial charge in [0.15, 0.2) is 0 Å². The highest BCUT2D eigenvalue weighted by Crippen LogP contribution is 2.34. The first-order chi connectivity index (χ1) is 6.20. The maximum absolute atomic E-state index is 8.94. The SMILES string of the molecule is Cc1cc(Cl)cc2c1OC(CO)C2. The molecular formula is C10H11ClO2. The molecule has 3 heteroatoms. The fraction of sp³-hybridized carbons (Fsp3) is 0.400. The molecule has 0 saturated carbocycles. The second-order valence-corrected chi connectivity index (χ2v) is 3.77. The third-order valence-corrected chi connectivity index (χ3v) is 2.47. The van der Waals surface area contributed by atoms with Gasteiger partial charge in [0.1, 0.15) is 11.9 Å². The third kappa shape index (κ3) is 1.52. The molecule has 13 heavy (non-hydrogen) atoms. The monoisotopic (exact) mass is 198 g/mol. The van der Waals surface area contributed by atoms with Crippen LogP contribution in [0.3, 0.4) is 0 Å². The fourth-order valence-corrected chi connectivity index (χ4v) is 1.97. The number of rotatable bonds is 1. The molecule has 0 saturated heterocycles. The third-order valence-electron chi connectivity index (χ3n) is 2.25. The van der Waals surface area contributed by atoms with Crippen LogP contribution in [0.15, 0.2) is 12.1 Å². The summed E-state index contributed by atoms with van der Waals surface area (Å²) in [6, 6.07) is 3.78. The summed E-state index contributed by atoms with van der Waals surface area (Å²) in [5, 5.41) is 9.68. The maximum atomic E-state index is 8.94. The van der Waals surface area contributed by atoms with Crippen molar-refractivity contribution in [2.45, 2.75) is 19.4 Å². The molecule has 0 aromatic heterocycles. The predicted molar refractivity (Wildman–Crippen MR) is 51.4 cm³/mol. The van der Waals surface area contributed by atoms with Gasteiger partial charge in [-0.1, -0.05) is 11.6 Å². The Hall–Kier alpha value is -0.730. The van der Waals surface area contributed by atoms with E-state index in [9.17, 15) is 0 Å². The van der Waals surface area contributed by atoms with Gasteiger partial charge in [0.25, 0.3) is 0 Å². The van der Waals surface area contributed by atoms with Crippen LogP contribution in [0.25, 0.3) is 0 Å². The lowest BCUT2D eigenvalue weighted by atomic mass is 10.1.